The minimum Gasteiger partial charge on any atom is -0.310 e. The standard InChI is InChI=1S/C14H13F2N3O2/c1-8-6-12(19-14(21)17-8)18-13(20)5-2-9-7-10(15)3-4-11(9)16/h3-4,6-7H,2,5H2,1H3,(H2,17,18,19,20,21). The van der Waals surface area contributed by atoms with Crippen molar-refractivity contribution in [3.05, 3.63) is 57.6 Å². The molecule has 1 heterocycles. The van der Waals surface area contributed by atoms with Gasteiger partial charge in [-0.1, -0.05) is 0 Å². The molecule has 2 aromatic rings. The van der Waals surface area contributed by atoms with Crippen LogP contribution in [-0.4, -0.2) is 15.9 Å². The normalized spacial score (nSPS) is 10.4. The fourth-order valence-electron chi connectivity index (χ4n) is 1.83. The van der Waals surface area contributed by atoms with Crippen LogP contribution in [0.3, 0.4) is 0 Å². The Bertz CT molecular complexity index is 728. The van der Waals surface area contributed by atoms with Gasteiger partial charge in [0.1, 0.15) is 17.5 Å². The van der Waals surface area contributed by atoms with Crippen LogP contribution in [0.2, 0.25) is 0 Å². The summed E-state index contributed by atoms with van der Waals surface area (Å²) in [5, 5.41) is 2.44. The number of hydrogen-bond acceptors (Lipinski definition) is 3. The molecule has 21 heavy (non-hydrogen) atoms. The number of hydrogen-bond donors (Lipinski definition) is 2. The summed E-state index contributed by atoms with van der Waals surface area (Å²) >= 11 is 0. The summed E-state index contributed by atoms with van der Waals surface area (Å²) < 4.78 is 26.4. The lowest BCUT2D eigenvalue weighted by molar-refractivity contribution is -0.116. The van der Waals surface area contributed by atoms with Crippen molar-refractivity contribution < 1.29 is 13.6 Å². The van der Waals surface area contributed by atoms with E-state index >= 15 is 0 Å². The fraction of sp³-hybridized carbons (Fsp3) is 0.214. The molecule has 0 spiro atoms. The first-order valence-corrected chi connectivity index (χ1v) is 6.26. The number of rotatable bonds is 4. The maximum absolute atomic E-state index is 13.4. The number of nitrogens with zero attached hydrogens (tertiary/aromatic N) is 1. The van der Waals surface area contributed by atoms with Crippen LogP contribution in [0.25, 0.3) is 0 Å². The molecule has 1 aromatic carbocycles. The van der Waals surface area contributed by atoms with Crippen molar-refractivity contribution in [3.8, 4) is 0 Å². The Kier molecular flexibility index (Phi) is 4.42. The SMILES string of the molecule is Cc1cc(NC(=O)CCc2cc(F)ccc2F)nc(=O)[nH]1. The minimum absolute atomic E-state index is 0.0477. The molecule has 0 saturated carbocycles. The van der Waals surface area contributed by atoms with Gasteiger partial charge in [-0.3, -0.25) is 4.79 Å². The van der Waals surface area contributed by atoms with Crippen LogP contribution in [0.4, 0.5) is 14.6 Å². The second kappa shape index (κ2) is 6.25. The van der Waals surface area contributed by atoms with Crippen LogP contribution >= 0.6 is 0 Å². The molecule has 0 aliphatic heterocycles. The molecule has 0 atom stereocenters. The molecule has 2 N–H and O–H groups in total. The molecule has 0 fully saturated rings. The number of aromatic amines is 1. The maximum Gasteiger partial charge on any atom is 0.347 e. The highest BCUT2D eigenvalue weighted by Gasteiger charge is 2.09. The van der Waals surface area contributed by atoms with Crippen LogP contribution in [0, 0.1) is 18.6 Å². The van der Waals surface area contributed by atoms with Crippen molar-refractivity contribution in [2.24, 2.45) is 0 Å². The van der Waals surface area contributed by atoms with E-state index in [2.05, 4.69) is 15.3 Å². The van der Waals surface area contributed by atoms with Crippen molar-refractivity contribution >= 4 is 11.7 Å². The van der Waals surface area contributed by atoms with Crippen LogP contribution in [0.15, 0.2) is 29.1 Å². The zero-order chi connectivity index (χ0) is 15.4. The van der Waals surface area contributed by atoms with Gasteiger partial charge in [0.2, 0.25) is 5.91 Å². The van der Waals surface area contributed by atoms with E-state index in [-0.39, 0.29) is 24.2 Å². The van der Waals surface area contributed by atoms with E-state index in [1.54, 1.807) is 6.92 Å². The Morgan fingerprint density at radius 2 is 2.10 bits per heavy atom. The monoisotopic (exact) mass is 293 g/mol. The molecule has 0 radical (unpaired) electrons. The number of H-pyrrole nitrogens is 1. The predicted molar refractivity (Wildman–Crippen MR) is 72.9 cm³/mol. The molecule has 2 rings (SSSR count). The minimum atomic E-state index is -0.568. The van der Waals surface area contributed by atoms with Crippen molar-refractivity contribution in [2.75, 3.05) is 5.32 Å². The molecular weight excluding hydrogens is 280 g/mol. The molecule has 7 heteroatoms. The van der Waals surface area contributed by atoms with Crippen LogP contribution in [0.1, 0.15) is 17.7 Å². The van der Waals surface area contributed by atoms with Gasteiger partial charge in [-0.2, -0.15) is 4.98 Å². The molecular formula is C14H13F2N3O2. The number of aryl methyl sites for hydroxylation is 2. The summed E-state index contributed by atoms with van der Waals surface area (Å²) in [6.45, 7) is 1.65. The summed E-state index contributed by atoms with van der Waals surface area (Å²) in [6, 6.07) is 4.59. The van der Waals surface area contributed by atoms with Gasteiger partial charge in [0, 0.05) is 18.2 Å². The summed E-state index contributed by atoms with van der Waals surface area (Å²) in [5.74, 6) is -1.43. The molecule has 5 nitrogen and oxygen atoms in total. The number of anilines is 1. The lowest BCUT2D eigenvalue weighted by Crippen LogP contribution is -2.19. The second-order valence-corrected chi connectivity index (χ2v) is 4.54. The summed E-state index contributed by atoms with van der Waals surface area (Å²) in [7, 11) is 0. The van der Waals surface area contributed by atoms with Crippen molar-refractivity contribution in [3.63, 3.8) is 0 Å². The van der Waals surface area contributed by atoms with E-state index in [1.165, 1.54) is 6.07 Å². The third-order valence-electron chi connectivity index (χ3n) is 2.78. The first kappa shape index (κ1) is 14.8. The third kappa shape index (κ3) is 4.20. The number of aromatic nitrogens is 2. The zero-order valence-electron chi connectivity index (χ0n) is 11.2. The number of benzene rings is 1. The van der Waals surface area contributed by atoms with Gasteiger partial charge < -0.3 is 10.3 Å². The fourth-order valence-corrected chi connectivity index (χ4v) is 1.83. The van der Waals surface area contributed by atoms with E-state index in [4.69, 9.17) is 0 Å². The molecule has 1 aromatic heterocycles. The molecule has 1 amide bonds. The third-order valence-corrected chi connectivity index (χ3v) is 2.78. The lowest BCUT2D eigenvalue weighted by atomic mass is 10.1. The van der Waals surface area contributed by atoms with E-state index < -0.39 is 23.2 Å². The number of halogens is 2. The molecule has 110 valence electrons. The Balaban J connectivity index is 1.99. The van der Waals surface area contributed by atoms with Gasteiger partial charge >= 0.3 is 5.69 Å². The van der Waals surface area contributed by atoms with Gasteiger partial charge in [-0.25, -0.2) is 13.6 Å². The predicted octanol–water partition coefficient (Wildman–Crippen LogP) is 1.93. The quantitative estimate of drug-likeness (QED) is 0.904. The van der Waals surface area contributed by atoms with Crippen molar-refractivity contribution in [1.29, 1.82) is 0 Å². The van der Waals surface area contributed by atoms with Crippen LogP contribution < -0.4 is 11.0 Å². The second-order valence-electron chi connectivity index (χ2n) is 4.54. The molecule has 0 bridgehead atoms. The Morgan fingerprint density at radius 1 is 1.33 bits per heavy atom. The van der Waals surface area contributed by atoms with Gasteiger partial charge in [0.25, 0.3) is 0 Å². The van der Waals surface area contributed by atoms with Crippen molar-refractivity contribution in [2.45, 2.75) is 19.8 Å². The molecule has 0 aliphatic carbocycles. The van der Waals surface area contributed by atoms with Crippen LogP contribution in [0.5, 0.6) is 0 Å². The van der Waals surface area contributed by atoms with Crippen molar-refractivity contribution in [1.82, 2.24) is 9.97 Å². The van der Waals surface area contributed by atoms with E-state index in [1.807, 2.05) is 0 Å². The number of nitrogens with one attached hydrogen (secondary N) is 2. The highest BCUT2D eigenvalue weighted by atomic mass is 19.1. The Hall–Kier alpha value is -2.57. The zero-order valence-corrected chi connectivity index (χ0v) is 11.2. The van der Waals surface area contributed by atoms with E-state index in [0.717, 1.165) is 18.2 Å². The number of carbonyl (C=O) groups excluding carboxylic acids is 1. The topological polar surface area (TPSA) is 74.8 Å². The highest BCUT2D eigenvalue weighted by molar-refractivity contribution is 5.89. The maximum atomic E-state index is 13.4. The average Bonchev–Trinajstić information content (AvgIpc) is 2.38. The first-order chi connectivity index (χ1) is 9.94. The summed E-state index contributed by atoms with van der Waals surface area (Å²) in [6.07, 6.45) is 0.00546. The van der Waals surface area contributed by atoms with Crippen LogP contribution in [-0.2, 0) is 11.2 Å². The summed E-state index contributed by atoms with van der Waals surface area (Å²) in [5.41, 5.74) is 0.114. The van der Waals surface area contributed by atoms with E-state index in [9.17, 15) is 18.4 Å². The molecule has 0 unspecified atom stereocenters. The Morgan fingerprint density at radius 3 is 2.81 bits per heavy atom. The molecule has 0 saturated heterocycles. The first-order valence-electron chi connectivity index (χ1n) is 6.26. The molecule has 0 aliphatic rings. The van der Waals surface area contributed by atoms with Gasteiger partial charge in [0.15, 0.2) is 0 Å². The van der Waals surface area contributed by atoms with E-state index in [0.29, 0.717) is 5.69 Å². The van der Waals surface area contributed by atoms with Gasteiger partial charge in [0.05, 0.1) is 0 Å². The largest absolute Gasteiger partial charge is 0.347 e. The highest BCUT2D eigenvalue weighted by Crippen LogP contribution is 2.12. The van der Waals surface area contributed by atoms with Gasteiger partial charge in [-0.05, 0) is 37.1 Å². The number of amides is 1. The lowest BCUT2D eigenvalue weighted by Gasteiger charge is -2.05. The average molecular weight is 293 g/mol. The van der Waals surface area contributed by atoms with Gasteiger partial charge in [-0.15, -0.1) is 0 Å². The smallest absolute Gasteiger partial charge is 0.310 e. The summed E-state index contributed by atoms with van der Waals surface area (Å²) in [4.78, 5) is 28.9. The number of carbonyl (C=O) groups is 1. The Labute approximate surface area is 119 Å².